The number of nitrogens with zero attached hydrogens (tertiary/aromatic N) is 5. The monoisotopic (exact) mass is 463 g/mol. The molecule has 2 aliphatic heterocycles. The topological polar surface area (TPSA) is 89.7 Å². The summed E-state index contributed by atoms with van der Waals surface area (Å²) in [6.45, 7) is 6.85. The van der Waals surface area contributed by atoms with Gasteiger partial charge < -0.3 is 9.64 Å². The summed E-state index contributed by atoms with van der Waals surface area (Å²) in [5.74, 6) is -0.237. The van der Waals surface area contributed by atoms with Crippen molar-refractivity contribution in [2.24, 2.45) is 4.99 Å². The van der Waals surface area contributed by atoms with E-state index in [9.17, 15) is 9.59 Å². The fourth-order valence-electron chi connectivity index (χ4n) is 4.29. The number of carbonyl (C=O) groups is 2. The number of esters is 1. The van der Waals surface area contributed by atoms with Gasteiger partial charge in [0.05, 0.1) is 5.71 Å². The molecule has 2 aromatic heterocycles. The summed E-state index contributed by atoms with van der Waals surface area (Å²) in [7, 11) is 0. The van der Waals surface area contributed by atoms with Gasteiger partial charge in [-0.25, -0.2) is 14.7 Å². The van der Waals surface area contributed by atoms with Crippen LogP contribution in [0, 0.1) is 13.8 Å². The Hall–Kier alpha value is -3.33. The lowest BCUT2D eigenvalue weighted by Crippen LogP contribution is -2.36. The molecule has 0 aliphatic carbocycles. The minimum absolute atomic E-state index is 0.108. The first-order valence-corrected chi connectivity index (χ1v) is 11.9. The number of aromatic nitrogens is 3. The number of amides is 1. The molecule has 4 heterocycles. The second-order valence-corrected chi connectivity index (χ2v) is 9.53. The SMILES string of the molecule is CC(=O)OC1N=C(c2ccccc2)c2c(sc(C)c2C)-n2nc(C(=O)N3CCCCC3)nc21. The van der Waals surface area contributed by atoms with Crippen molar-refractivity contribution in [3.63, 3.8) is 0 Å². The Labute approximate surface area is 195 Å². The second-order valence-electron chi connectivity index (χ2n) is 8.33. The minimum Gasteiger partial charge on any atom is -0.432 e. The van der Waals surface area contributed by atoms with Gasteiger partial charge in [-0.2, -0.15) is 0 Å². The highest BCUT2D eigenvalue weighted by Crippen LogP contribution is 2.38. The van der Waals surface area contributed by atoms with E-state index in [-0.39, 0.29) is 11.7 Å². The maximum Gasteiger partial charge on any atom is 0.304 e. The van der Waals surface area contributed by atoms with Crippen LogP contribution in [0.2, 0.25) is 0 Å². The lowest BCUT2D eigenvalue weighted by atomic mass is 10.00. The van der Waals surface area contributed by atoms with Gasteiger partial charge in [-0.15, -0.1) is 16.4 Å². The molecule has 2 aliphatic rings. The number of benzene rings is 1. The van der Waals surface area contributed by atoms with Crippen molar-refractivity contribution >= 4 is 28.9 Å². The molecule has 0 saturated carbocycles. The number of fused-ring (bicyclic) bond motifs is 3. The number of rotatable bonds is 3. The van der Waals surface area contributed by atoms with Crippen LogP contribution in [0.25, 0.3) is 5.00 Å². The van der Waals surface area contributed by atoms with E-state index >= 15 is 0 Å². The van der Waals surface area contributed by atoms with Gasteiger partial charge in [0.25, 0.3) is 12.1 Å². The molecule has 5 rings (SSSR count). The van der Waals surface area contributed by atoms with Gasteiger partial charge in [0.1, 0.15) is 5.00 Å². The Balaban J connectivity index is 1.69. The number of carbonyl (C=O) groups excluding carboxylic acids is 2. The molecule has 33 heavy (non-hydrogen) atoms. The van der Waals surface area contributed by atoms with Gasteiger partial charge in [-0.05, 0) is 38.7 Å². The first-order chi connectivity index (χ1) is 15.9. The molecule has 170 valence electrons. The summed E-state index contributed by atoms with van der Waals surface area (Å²) in [6, 6.07) is 9.80. The molecule has 3 aromatic rings. The van der Waals surface area contributed by atoms with Crippen LogP contribution >= 0.6 is 11.3 Å². The van der Waals surface area contributed by atoms with Crippen LogP contribution in [0.3, 0.4) is 0 Å². The maximum atomic E-state index is 13.1. The van der Waals surface area contributed by atoms with Gasteiger partial charge >= 0.3 is 5.97 Å². The third kappa shape index (κ3) is 3.86. The quantitative estimate of drug-likeness (QED) is 0.548. The summed E-state index contributed by atoms with van der Waals surface area (Å²) in [6.07, 6.45) is 2.08. The Morgan fingerprint density at radius 3 is 2.52 bits per heavy atom. The first-order valence-electron chi connectivity index (χ1n) is 11.1. The predicted octanol–water partition coefficient (Wildman–Crippen LogP) is 3.98. The van der Waals surface area contributed by atoms with Crippen LogP contribution in [-0.2, 0) is 9.53 Å². The van der Waals surface area contributed by atoms with Gasteiger partial charge in [-0.3, -0.25) is 9.59 Å². The molecule has 1 saturated heterocycles. The maximum absolute atomic E-state index is 13.1. The van der Waals surface area contributed by atoms with E-state index in [4.69, 9.17) is 9.73 Å². The van der Waals surface area contributed by atoms with Gasteiger partial charge in [0, 0.05) is 36.0 Å². The largest absolute Gasteiger partial charge is 0.432 e. The average Bonchev–Trinajstić information content (AvgIpc) is 3.35. The Morgan fingerprint density at radius 1 is 1.09 bits per heavy atom. The van der Waals surface area contributed by atoms with E-state index in [1.807, 2.05) is 37.3 Å². The number of hydrogen-bond acceptors (Lipinski definition) is 7. The Bertz CT molecular complexity index is 1250. The smallest absolute Gasteiger partial charge is 0.304 e. The van der Waals surface area contributed by atoms with E-state index in [0.29, 0.717) is 18.9 Å². The van der Waals surface area contributed by atoms with E-state index in [1.165, 1.54) is 6.92 Å². The number of ether oxygens (including phenoxy) is 1. The lowest BCUT2D eigenvalue weighted by Gasteiger charge is -2.25. The number of piperidine rings is 1. The zero-order chi connectivity index (χ0) is 23.1. The molecule has 1 atom stereocenters. The van der Waals surface area contributed by atoms with E-state index in [2.05, 4.69) is 17.0 Å². The number of aryl methyl sites for hydroxylation is 1. The molecule has 1 fully saturated rings. The summed E-state index contributed by atoms with van der Waals surface area (Å²) < 4.78 is 7.23. The van der Waals surface area contributed by atoms with Crippen molar-refractivity contribution < 1.29 is 14.3 Å². The van der Waals surface area contributed by atoms with Crippen molar-refractivity contribution in [3.05, 3.63) is 63.5 Å². The van der Waals surface area contributed by atoms with Crippen molar-refractivity contribution in [2.75, 3.05) is 13.1 Å². The minimum atomic E-state index is -1.01. The van der Waals surface area contributed by atoms with E-state index < -0.39 is 12.2 Å². The van der Waals surface area contributed by atoms with E-state index in [1.54, 1.807) is 20.9 Å². The average molecular weight is 464 g/mol. The van der Waals surface area contributed by atoms with Crippen LogP contribution < -0.4 is 0 Å². The molecule has 1 aromatic carbocycles. The molecule has 0 bridgehead atoms. The van der Waals surface area contributed by atoms with Crippen LogP contribution in [0.4, 0.5) is 0 Å². The van der Waals surface area contributed by atoms with Crippen LogP contribution in [-0.4, -0.2) is 50.3 Å². The summed E-state index contributed by atoms with van der Waals surface area (Å²) in [5.41, 5.74) is 3.62. The number of aliphatic imine (C=N–C) groups is 1. The van der Waals surface area contributed by atoms with Crippen LogP contribution in [0.5, 0.6) is 0 Å². The van der Waals surface area contributed by atoms with Crippen molar-refractivity contribution in [2.45, 2.75) is 46.3 Å². The van der Waals surface area contributed by atoms with Gasteiger partial charge in [0.15, 0.2) is 5.82 Å². The molecule has 0 spiro atoms. The number of likely N-dealkylation sites (tertiary alicyclic amines) is 1. The first kappa shape index (κ1) is 21.5. The number of thiophene rings is 1. The van der Waals surface area contributed by atoms with Crippen molar-refractivity contribution in [1.29, 1.82) is 0 Å². The standard InChI is InChI=1S/C24H25N5O3S/c1-14-15(2)33-24-18(14)19(17-10-6-4-7-11-17)25-22(32-16(3)30)21-26-20(27-29(21)24)23(31)28-12-8-5-9-13-28/h4,6-7,10-11,22H,5,8-9,12-13H2,1-3H3. The summed E-state index contributed by atoms with van der Waals surface area (Å²) in [4.78, 5) is 37.5. The molecular weight excluding hydrogens is 438 g/mol. The highest BCUT2D eigenvalue weighted by molar-refractivity contribution is 7.15. The van der Waals surface area contributed by atoms with Crippen LogP contribution in [0.15, 0.2) is 35.3 Å². The third-order valence-corrected chi connectivity index (χ3v) is 7.24. The van der Waals surface area contributed by atoms with E-state index in [0.717, 1.165) is 51.5 Å². The Kier molecular flexibility index (Phi) is 5.57. The normalized spacial score (nSPS) is 17.6. The molecule has 1 unspecified atom stereocenters. The summed E-state index contributed by atoms with van der Waals surface area (Å²) >= 11 is 1.57. The van der Waals surface area contributed by atoms with Crippen molar-refractivity contribution in [3.8, 4) is 5.00 Å². The molecular formula is C24H25N5O3S. The predicted molar refractivity (Wildman–Crippen MR) is 125 cm³/mol. The second kappa shape index (κ2) is 8.55. The highest BCUT2D eigenvalue weighted by Gasteiger charge is 2.34. The number of hydrogen-bond donors (Lipinski definition) is 0. The fourth-order valence-corrected chi connectivity index (χ4v) is 5.41. The molecule has 9 heteroatoms. The molecule has 1 amide bonds. The lowest BCUT2D eigenvalue weighted by molar-refractivity contribution is -0.146. The molecule has 0 radical (unpaired) electrons. The zero-order valence-electron chi connectivity index (χ0n) is 18.9. The molecule has 8 nitrogen and oxygen atoms in total. The van der Waals surface area contributed by atoms with Gasteiger partial charge in [-0.1, -0.05) is 30.3 Å². The van der Waals surface area contributed by atoms with Crippen LogP contribution in [0.1, 0.15) is 70.4 Å². The van der Waals surface area contributed by atoms with Gasteiger partial charge in [0.2, 0.25) is 5.82 Å². The fraction of sp³-hybridized carbons (Fsp3) is 0.375. The zero-order valence-corrected chi connectivity index (χ0v) is 19.7. The highest BCUT2D eigenvalue weighted by atomic mass is 32.1. The third-order valence-electron chi connectivity index (χ3n) is 6.05. The van der Waals surface area contributed by atoms with Crippen molar-refractivity contribution in [1.82, 2.24) is 19.7 Å². The summed E-state index contributed by atoms with van der Waals surface area (Å²) in [5, 5.41) is 5.45. The molecule has 0 N–H and O–H groups in total. The Morgan fingerprint density at radius 2 is 1.82 bits per heavy atom.